The second-order valence-electron chi connectivity index (χ2n) is 22.6. The van der Waals surface area contributed by atoms with Gasteiger partial charge in [-0.05, 0) is 131 Å². The number of amides is 1. The van der Waals surface area contributed by atoms with Gasteiger partial charge >= 0.3 is 0 Å². The Kier molecular flexibility index (Phi) is 13.3. The highest BCUT2D eigenvalue weighted by atomic mass is 35.5. The molecule has 73 heavy (non-hydrogen) atoms. The normalized spacial score (nSPS) is 24.1. The van der Waals surface area contributed by atoms with Crippen LogP contribution in [0.4, 0.5) is 26.0 Å². The zero-order valence-corrected chi connectivity index (χ0v) is 43.7. The number of aromatic nitrogens is 4. The Morgan fingerprint density at radius 3 is 2.48 bits per heavy atom. The minimum atomic E-state index is -2.65. The number of rotatable bonds is 8. The molecule has 3 saturated heterocycles. The minimum absolute atomic E-state index is 0.00608. The van der Waals surface area contributed by atoms with Crippen LogP contribution in [-0.4, -0.2) is 122 Å². The number of benzene rings is 2. The van der Waals surface area contributed by atoms with Crippen LogP contribution in [0.5, 0.6) is 5.88 Å². The lowest BCUT2D eigenvalue weighted by Gasteiger charge is -2.47. The number of halogens is 3. The van der Waals surface area contributed by atoms with Gasteiger partial charge in [0.25, 0.3) is 6.43 Å². The lowest BCUT2D eigenvalue weighted by molar-refractivity contribution is -0.484. The van der Waals surface area contributed by atoms with Crippen molar-refractivity contribution in [1.82, 2.24) is 29.8 Å². The van der Waals surface area contributed by atoms with Crippen molar-refractivity contribution in [3.63, 3.8) is 0 Å². The molecule has 2 aromatic carbocycles. The molecule has 6 aliphatic heterocycles. The molecular formula is C56H68ClF2N12O2+. The van der Waals surface area contributed by atoms with E-state index in [-0.39, 0.29) is 28.5 Å². The van der Waals surface area contributed by atoms with E-state index in [9.17, 15) is 18.8 Å². The van der Waals surface area contributed by atoms with Gasteiger partial charge < -0.3 is 24.3 Å². The van der Waals surface area contributed by atoms with Crippen molar-refractivity contribution in [2.45, 2.75) is 129 Å². The first-order valence-electron chi connectivity index (χ1n) is 26.5. The van der Waals surface area contributed by atoms with Crippen molar-refractivity contribution in [3.8, 4) is 23.1 Å². The Hall–Kier alpha value is -5.92. The standard InChI is InChI=1S/C56H68ClF2N12O2/c1-36-28-56(35-70(36)43-13-10-40(30-60)48(57)26-43)18-23-66(24-19-56)51-14-15-52(63-62-51)73-44-16-22-68(55(3,4)29-44)32-38-8-11-42(12-9-38)71-49-17-21-67(37(2)72)34-47(49)54(64-71)69-20-6-7-39-25-45(41-31-61-65(5)33-41)46(53(58)59)27-50(39)69/h10,13-15,25-27,31,33,36,38,44,53H,6-9,11-12,16-24,28-29,32,34-35H2,1-5H3/q+1/t36-,38?,44?/m0/s1. The summed E-state index contributed by atoms with van der Waals surface area (Å²) in [4.78, 5) is 24.3. The van der Waals surface area contributed by atoms with Gasteiger partial charge in [0.1, 0.15) is 12.2 Å². The second-order valence-corrected chi connectivity index (χ2v) is 23.0. The summed E-state index contributed by atoms with van der Waals surface area (Å²) < 4.78 is 40.0. The molecule has 8 heterocycles. The molecule has 0 bridgehead atoms. The topological polar surface area (TPSA) is 125 Å². The van der Waals surface area contributed by atoms with Crippen molar-refractivity contribution in [2.75, 3.05) is 67.1 Å². The molecule has 4 aromatic rings. The number of hydrogen-bond acceptors (Lipinski definition) is 11. The molecule has 4 fully saturated rings. The summed E-state index contributed by atoms with van der Waals surface area (Å²) in [6.45, 7) is 15.2. The van der Waals surface area contributed by atoms with Crippen molar-refractivity contribution >= 4 is 46.2 Å². The molecule has 1 amide bonds. The third-order valence-corrected chi connectivity index (χ3v) is 17.7. The Morgan fingerprint density at radius 1 is 0.986 bits per heavy atom. The van der Waals surface area contributed by atoms with Crippen LogP contribution in [0.15, 0.2) is 71.2 Å². The first-order chi connectivity index (χ1) is 35.1. The highest BCUT2D eigenvalue weighted by molar-refractivity contribution is 6.32. The maximum Gasteiger partial charge on any atom is 0.264 e. The van der Waals surface area contributed by atoms with E-state index in [4.69, 9.17) is 21.4 Å². The molecule has 1 saturated carbocycles. The molecule has 11 rings (SSSR count). The fourth-order valence-corrected chi connectivity index (χ4v) is 13.5. The Morgan fingerprint density at radius 2 is 1.79 bits per heavy atom. The molecule has 1 aliphatic carbocycles. The lowest BCUT2D eigenvalue weighted by Crippen LogP contribution is -2.54. The fraction of sp³-hybridized carbons (Fsp3) is 0.554. The number of nitriles is 1. The van der Waals surface area contributed by atoms with Gasteiger partial charge in [0.2, 0.25) is 23.3 Å². The van der Waals surface area contributed by atoms with Gasteiger partial charge in [-0.3, -0.25) is 14.4 Å². The van der Waals surface area contributed by atoms with E-state index >= 15 is 0 Å². The average molecular weight is 1010 g/mol. The summed E-state index contributed by atoms with van der Waals surface area (Å²) in [6, 6.07) is 16.0. The third-order valence-electron chi connectivity index (χ3n) is 17.4. The van der Waals surface area contributed by atoms with Gasteiger partial charge in [-0.15, -0.1) is 10.2 Å². The summed E-state index contributed by atoms with van der Waals surface area (Å²) in [5, 5.41) is 28.8. The van der Waals surface area contributed by atoms with Crippen molar-refractivity contribution in [3.05, 3.63) is 87.8 Å². The van der Waals surface area contributed by atoms with Crippen LogP contribution in [0, 0.1) is 22.7 Å². The fourth-order valence-electron chi connectivity index (χ4n) is 13.3. The van der Waals surface area contributed by atoms with E-state index in [0.717, 1.165) is 143 Å². The predicted octanol–water partition coefficient (Wildman–Crippen LogP) is 9.78. The number of fused-ring (bicyclic) bond motifs is 1. The summed E-state index contributed by atoms with van der Waals surface area (Å²) in [6.07, 6.45) is 12.4. The molecule has 17 heteroatoms. The summed E-state index contributed by atoms with van der Waals surface area (Å²) in [7, 11) is 1.80. The largest absolute Gasteiger partial charge is 0.473 e. The zero-order valence-electron chi connectivity index (χ0n) is 43.0. The van der Waals surface area contributed by atoms with Crippen LogP contribution in [-0.2, 0) is 18.3 Å². The zero-order chi connectivity index (χ0) is 50.8. The van der Waals surface area contributed by atoms with Crippen LogP contribution < -0.4 is 19.4 Å². The molecule has 14 nitrogen and oxygen atoms in total. The number of carbonyl (C=O) groups excluding carboxylic acids is 1. The van der Waals surface area contributed by atoms with E-state index in [2.05, 4.69) is 72.5 Å². The summed E-state index contributed by atoms with van der Waals surface area (Å²) in [5.41, 5.74) is 8.28. The van der Waals surface area contributed by atoms with Crippen molar-refractivity contribution in [2.24, 2.45) is 23.5 Å². The summed E-state index contributed by atoms with van der Waals surface area (Å²) >= 11 is 6.42. The van der Waals surface area contributed by atoms with Crippen LogP contribution in [0.25, 0.3) is 11.1 Å². The molecule has 0 N–H and O–H groups in total. The van der Waals surface area contributed by atoms with Crippen LogP contribution in [0.3, 0.4) is 0 Å². The number of piperidine rings is 2. The quantitative estimate of drug-likeness (QED) is 0.158. The number of amidine groups is 1. The number of aryl methyl sites for hydroxylation is 2. The van der Waals surface area contributed by atoms with Gasteiger partial charge in [-0.2, -0.15) is 10.4 Å². The smallest absolute Gasteiger partial charge is 0.264 e. The van der Waals surface area contributed by atoms with Crippen molar-refractivity contribution < 1.29 is 23.0 Å². The first-order valence-corrected chi connectivity index (χ1v) is 26.9. The maximum absolute atomic E-state index is 14.8. The number of anilines is 3. The highest BCUT2D eigenvalue weighted by Gasteiger charge is 2.46. The molecule has 1 spiro atoms. The Labute approximate surface area is 432 Å². The SMILES string of the molecule is CC(=O)N1CCC2=C(C1)C(N1CCCc3cc(-c4cnn(C)c4)c(C(F)F)cc31)=N[N+]2=C1CCC(CN2CCC(Oc3ccc(N4CCC5(CC4)C[C@H](C)N(c4ccc(C#N)c(Cl)c4)C5)nn3)CC2(C)C)CC1. The molecule has 2 atom stereocenters. The maximum atomic E-state index is 14.8. The van der Waals surface area contributed by atoms with E-state index in [1.807, 2.05) is 35.2 Å². The molecule has 0 radical (unpaired) electrons. The number of hydrazone groups is 1. The average Bonchev–Trinajstić information content (AvgIpc) is 4.09. The minimum Gasteiger partial charge on any atom is -0.473 e. The van der Waals surface area contributed by atoms with Gasteiger partial charge in [-0.1, -0.05) is 16.3 Å². The number of hydrogen-bond donors (Lipinski definition) is 0. The van der Waals surface area contributed by atoms with E-state index in [0.29, 0.717) is 65.6 Å². The predicted molar refractivity (Wildman–Crippen MR) is 281 cm³/mol. The van der Waals surface area contributed by atoms with Gasteiger partial charge in [0.15, 0.2) is 11.5 Å². The van der Waals surface area contributed by atoms with E-state index in [1.165, 1.54) is 5.71 Å². The molecule has 2 aromatic heterocycles. The number of carbonyl (C=O) groups is 1. The summed E-state index contributed by atoms with van der Waals surface area (Å²) in [5.74, 6) is 2.85. The van der Waals surface area contributed by atoms with Crippen LogP contribution >= 0.6 is 11.6 Å². The van der Waals surface area contributed by atoms with Gasteiger partial charge in [0.05, 0.1) is 35.3 Å². The molecule has 384 valence electrons. The van der Waals surface area contributed by atoms with Gasteiger partial charge in [-0.25, -0.2) is 8.78 Å². The van der Waals surface area contributed by atoms with E-state index < -0.39 is 6.43 Å². The van der Waals surface area contributed by atoms with E-state index in [1.54, 1.807) is 37.1 Å². The number of alkyl halides is 2. The third kappa shape index (κ3) is 9.72. The molecule has 7 aliphatic rings. The van der Waals surface area contributed by atoms with Gasteiger partial charge in [0, 0.05) is 130 Å². The second kappa shape index (κ2) is 19.7. The first kappa shape index (κ1) is 49.3. The number of ether oxygens (including phenoxy) is 1. The highest BCUT2D eigenvalue weighted by Crippen LogP contribution is 2.47. The monoisotopic (exact) mass is 1010 g/mol. The van der Waals surface area contributed by atoms with Crippen LogP contribution in [0.2, 0.25) is 5.02 Å². The van der Waals surface area contributed by atoms with Crippen molar-refractivity contribution in [1.29, 1.82) is 5.26 Å². The number of nitrogens with zero attached hydrogens (tertiary/aromatic N) is 12. The van der Waals surface area contributed by atoms with Crippen LogP contribution in [0.1, 0.15) is 121 Å². The lowest BCUT2D eigenvalue weighted by atomic mass is 9.77. The molecular weight excluding hydrogens is 946 g/mol. The number of likely N-dealkylation sites (tertiary alicyclic amines) is 1. The Bertz CT molecular complexity index is 2910. The Balaban J connectivity index is 0.706. The molecule has 1 unspecified atom stereocenters.